The Hall–Kier alpha value is -7.99. The minimum atomic E-state index is 0.621. The third-order valence-electron chi connectivity index (χ3n) is 11.9. The van der Waals surface area contributed by atoms with Crippen LogP contribution in [0, 0.1) is 0 Å². The van der Waals surface area contributed by atoms with Crippen molar-refractivity contribution in [2.45, 2.75) is 0 Å². The Balaban J connectivity index is 1.16. The highest BCUT2D eigenvalue weighted by molar-refractivity contribution is 7.27. The van der Waals surface area contributed by atoms with E-state index in [2.05, 4.69) is 205 Å². The third kappa shape index (κ3) is 6.09. The van der Waals surface area contributed by atoms with Gasteiger partial charge in [-0.05, 0) is 70.3 Å². The summed E-state index contributed by atoms with van der Waals surface area (Å²) < 4.78 is 4.77. The molecule has 62 heavy (non-hydrogen) atoms. The fourth-order valence-electron chi connectivity index (χ4n) is 8.95. The molecule has 9 aromatic carbocycles. The lowest BCUT2D eigenvalue weighted by atomic mass is 9.93. The van der Waals surface area contributed by atoms with E-state index in [9.17, 15) is 0 Å². The standard InChI is InChI=1S/C57H36N4S/c1-6-18-37(19-7-1)42-34-48(39-22-10-3-11-23-39)53-49(35-42)52-47(33-32-44(54(52)62-53)38-20-8-2-9-21-38)57-59-55(40-24-12-4-13-25-40)58-56(60-57)41-30-31-46-45-28-16-17-29-50(45)61(51(46)36-41)43-26-14-5-15-27-43/h1-36H. The van der Waals surface area contributed by atoms with Gasteiger partial charge in [-0.1, -0.05) is 176 Å². The number of thiophene rings is 1. The van der Waals surface area contributed by atoms with E-state index in [-0.39, 0.29) is 0 Å². The van der Waals surface area contributed by atoms with Gasteiger partial charge in [-0.25, -0.2) is 15.0 Å². The number of nitrogens with zero attached hydrogens (tertiary/aromatic N) is 4. The molecule has 12 aromatic rings. The summed E-state index contributed by atoms with van der Waals surface area (Å²) in [7, 11) is 0. The maximum Gasteiger partial charge on any atom is 0.164 e. The van der Waals surface area contributed by atoms with Crippen molar-refractivity contribution in [3.63, 3.8) is 0 Å². The van der Waals surface area contributed by atoms with E-state index in [1.807, 2.05) is 29.5 Å². The van der Waals surface area contributed by atoms with Gasteiger partial charge in [0.2, 0.25) is 0 Å². The fourth-order valence-corrected chi connectivity index (χ4v) is 10.3. The van der Waals surface area contributed by atoms with Crippen molar-refractivity contribution >= 4 is 53.3 Å². The monoisotopic (exact) mass is 808 g/mol. The molecule has 0 radical (unpaired) electrons. The van der Waals surface area contributed by atoms with Gasteiger partial charge in [0, 0.05) is 58.9 Å². The summed E-state index contributed by atoms with van der Waals surface area (Å²) >= 11 is 1.85. The number of para-hydroxylation sites is 2. The number of aromatic nitrogens is 4. The largest absolute Gasteiger partial charge is 0.309 e. The molecular formula is C57H36N4S. The van der Waals surface area contributed by atoms with Crippen LogP contribution in [0.3, 0.4) is 0 Å². The Morgan fingerprint density at radius 1 is 0.306 bits per heavy atom. The molecule has 0 saturated heterocycles. The molecule has 0 atom stereocenters. The summed E-state index contributed by atoms with van der Waals surface area (Å²) in [5, 5.41) is 4.69. The van der Waals surface area contributed by atoms with Crippen LogP contribution in [0.25, 0.3) is 115 Å². The zero-order valence-electron chi connectivity index (χ0n) is 33.5. The summed E-state index contributed by atoms with van der Waals surface area (Å²) in [6.45, 7) is 0. The van der Waals surface area contributed by atoms with Crippen LogP contribution in [0.1, 0.15) is 0 Å². The molecule has 0 unspecified atom stereocenters. The summed E-state index contributed by atoms with van der Waals surface area (Å²) in [6.07, 6.45) is 0. The molecule has 0 bridgehead atoms. The van der Waals surface area contributed by atoms with Crippen molar-refractivity contribution in [1.82, 2.24) is 19.5 Å². The van der Waals surface area contributed by atoms with Crippen molar-refractivity contribution in [2.24, 2.45) is 0 Å². The second-order valence-electron chi connectivity index (χ2n) is 15.6. The lowest BCUT2D eigenvalue weighted by molar-refractivity contribution is 1.08. The summed E-state index contributed by atoms with van der Waals surface area (Å²) in [6, 6.07) is 77.4. The van der Waals surface area contributed by atoms with Crippen molar-refractivity contribution in [3.8, 4) is 73.2 Å². The van der Waals surface area contributed by atoms with Gasteiger partial charge in [0.05, 0.1) is 11.0 Å². The minimum absolute atomic E-state index is 0.621. The predicted molar refractivity (Wildman–Crippen MR) is 260 cm³/mol. The van der Waals surface area contributed by atoms with Crippen LogP contribution in [0.15, 0.2) is 218 Å². The van der Waals surface area contributed by atoms with E-state index >= 15 is 0 Å². The number of rotatable bonds is 7. The molecule has 0 aliphatic heterocycles. The van der Waals surface area contributed by atoms with Gasteiger partial charge >= 0.3 is 0 Å². The molecule has 0 amide bonds. The van der Waals surface area contributed by atoms with Gasteiger partial charge in [-0.3, -0.25) is 0 Å². The van der Waals surface area contributed by atoms with Crippen LogP contribution in [0.5, 0.6) is 0 Å². The number of hydrogen-bond acceptors (Lipinski definition) is 4. The first-order valence-corrected chi connectivity index (χ1v) is 21.7. The molecule has 12 rings (SSSR count). The fraction of sp³-hybridized carbons (Fsp3) is 0. The SMILES string of the molecule is c1ccc(-c2cc(-c3ccccc3)c3sc4c(-c5ccccc5)ccc(-c5nc(-c6ccccc6)nc(-c6ccc7c8ccccc8n(-c8ccccc8)c7c6)n5)c4c3c2)cc1. The molecular weight excluding hydrogens is 773 g/mol. The first-order chi connectivity index (χ1) is 30.7. The van der Waals surface area contributed by atoms with E-state index in [1.165, 1.54) is 53.4 Å². The zero-order chi connectivity index (χ0) is 41.0. The van der Waals surface area contributed by atoms with Gasteiger partial charge in [0.15, 0.2) is 17.5 Å². The van der Waals surface area contributed by atoms with Crippen molar-refractivity contribution in [1.29, 1.82) is 0 Å². The van der Waals surface area contributed by atoms with E-state index in [1.54, 1.807) is 0 Å². The Kier molecular flexibility index (Phi) is 8.65. The molecule has 290 valence electrons. The maximum atomic E-state index is 5.44. The van der Waals surface area contributed by atoms with Crippen LogP contribution in [-0.2, 0) is 0 Å². The van der Waals surface area contributed by atoms with Crippen LogP contribution in [0.4, 0.5) is 0 Å². The van der Waals surface area contributed by atoms with Crippen LogP contribution < -0.4 is 0 Å². The van der Waals surface area contributed by atoms with E-state index in [0.29, 0.717) is 17.5 Å². The lowest BCUT2D eigenvalue weighted by Gasteiger charge is -2.13. The average molecular weight is 809 g/mol. The predicted octanol–water partition coefficient (Wildman–Crippen LogP) is 15.3. The Labute approximate surface area is 362 Å². The average Bonchev–Trinajstić information content (AvgIpc) is 3.91. The molecule has 0 N–H and O–H groups in total. The van der Waals surface area contributed by atoms with Gasteiger partial charge in [-0.2, -0.15) is 0 Å². The summed E-state index contributed by atoms with van der Waals surface area (Å²) in [4.78, 5) is 16.0. The molecule has 0 fully saturated rings. The molecule has 5 heteroatoms. The highest BCUT2D eigenvalue weighted by Crippen LogP contribution is 2.49. The molecule has 0 spiro atoms. The topological polar surface area (TPSA) is 43.6 Å². The maximum absolute atomic E-state index is 5.44. The normalized spacial score (nSPS) is 11.5. The Morgan fingerprint density at radius 2 is 0.839 bits per heavy atom. The zero-order valence-corrected chi connectivity index (χ0v) is 34.3. The third-order valence-corrected chi connectivity index (χ3v) is 13.1. The van der Waals surface area contributed by atoms with E-state index in [0.717, 1.165) is 44.4 Å². The molecule has 4 nitrogen and oxygen atoms in total. The smallest absolute Gasteiger partial charge is 0.164 e. The first kappa shape index (κ1) is 35.9. The molecule has 0 aliphatic rings. The number of hydrogen-bond donors (Lipinski definition) is 0. The Bertz CT molecular complexity index is 3600. The van der Waals surface area contributed by atoms with Crippen molar-refractivity contribution in [2.75, 3.05) is 0 Å². The van der Waals surface area contributed by atoms with Crippen LogP contribution in [0.2, 0.25) is 0 Å². The number of fused-ring (bicyclic) bond motifs is 6. The van der Waals surface area contributed by atoms with E-state index in [4.69, 9.17) is 15.0 Å². The molecule has 0 aliphatic carbocycles. The van der Waals surface area contributed by atoms with Gasteiger partial charge in [-0.15, -0.1) is 11.3 Å². The van der Waals surface area contributed by atoms with Crippen LogP contribution >= 0.6 is 11.3 Å². The van der Waals surface area contributed by atoms with E-state index < -0.39 is 0 Å². The van der Waals surface area contributed by atoms with Crippen molar-refractivity contribution in [3.05, 3.63) is 218 Å². The highest BCUT2D eigenvalue weighted by Gasteiger charge is 2.23. The quantitative estimate of drug-likeness (QED) is 0.161. The highest BCUT2D eigenvalue weighted by atomic mass is 32.1. The van der Waals surface area contributed by atoms with Gasteiger partial charge < -0.3 is 4.57 Å². The van der Waals surface area contributed by atoms with Gasteiger partial charge in [0.25, 0.3) is 0 Å². The molecule has 0 saturated carbocycles. The second kappa shape index (κ2) is 14.9. The number of benzene rings is 9. The minimum Gasteiger partial charge on any atom is -0.309 e. The Morgan fingerprint density at radius 3 is 1.53 bits per heavy atom. The van der Waals surface area contributed by atoms with Gasteiger partial charge in [0.1, 0.15) is 0 Å². The lowest BCUT2D eigenvalue weighted by Crippen LogP contribution is -2.01. The van der Waals surface area contributed by atoms with Crippen LogP contribution in [-0.4, -0.2) is 19.5 Å². The molecule has 3 heterocycles. The summed E-state index contributed by atoms with van der Waals surface area (Å²) in [5.74, 6) is 1.88. The summed E-state index contributed by atoms with van der Waals surface area (Å²) in [5.41, 5.74) is 13.2. The molecule has 3 aromatic heterocycles. The first-order valence-electron chi connectivity index (χ1n) is 20.9. The van der Waals surface area contributed by atoms with Crippen molar-refractivity contribution < 1.29 is 0 Å². The second-order valence-corrected chi connectivity index (χ2v) is 16.6.